The van der Waals surface area contributed by atoms with Gasteiger partial charge in [0.1, 0.15) is 0 Å². The number of hydrogen-bond acceptors (Lipinski definition) is 3. The molecule has 1 amide bonds. The molecule has 6 heteroatoms. The number of carbonyl (C=O) groups excluding carboxylic acids is 1. The maximum Gasteiger partial charge on any atom is 0.303 e. The van der Waals surface area contributed by atoms with Crippen LogP contribution in [0.25, 0.3) is 5.69 Å². The number of aliphatic carboxylic acids is 1. The summed E-state index contributed by atoms with van der Waals surface area (Å²) in [6, 6.07) is 9.34. The molecule has 1 aliphatic heterocycles. The van der Waals surface area contributed by atoms with Gasteiger partial charge in [-0.25, -0.2) is 4.68 Å². The maximum absolute atomic E-state index is 12.6. The van der Waals surface area contributed by atoms with Crippen LogP contribution < -0.4 is 0 Å². The lowest BCUT2D eigenvalue weighted by Gasteiger charge is -2.31. The van der Waals surface area contributed by atoms with Gasteiger partial charge in [0.2, 0.25) is 0 Å². The summed E-state index contributed by atoms with van der Waals surface area (Å²) >= 11 is 0. The van der Waals surface area contributed by atoms with Crippen molar-refractivity contribution >= 4 is 11.9 Å². The van der Waals surface area contributed by atoms with E-state index in [1.807, 2.05) is 48.4 Å². The molecule has 1 saturated heterocycles. The lowest BCUT2D eigenvalue weighted by Crippen LogP contribution is -2.38. The van der Waals surface area contributed by atoms with Crippen LogP contribution in [0.1, 0.15) is 35.3 Å². The van der Waals surface area contributed by atoms with Crippen LogP contribution in [0, 0.1) is 12.8 Å². The van der Waals surface area contributed by atoms with Crippen LogP contribution in [0.4, 0.5) is 0 Å². The van der Waals surface area contributed by atoms with Crippen LogP contribution >= 0.6 is 0 Å². The first kappa shape index (κ1) is 16.2. The molecule has 2 aromatic rings. The average Bonchev–Trinajstić information content (AvgIpc) is 3.01. The Hall–Kier alpha value is -2.63. The van der Waals surface area contributed by atoms with E-state index in [0.29, 0.717) is 18.7 Å². The van der Waals surface area contributed by atoms with Crippen LogP contribution in [0.15, 0.2) is 36.5 Å². The zero-order chi connectivity index (χ0) is 17.1. The minimum atomic E-state index is -0.760. The quantitative estimate of drug-likeness (QED) is 0.936. The Morgan fingerprint density at radius 3 is 2.38 bits per heavy atom. The topological polar surface area (TPSA) is 75.4 Å². The molecule has 126 valence electrons. The number of nitrogens with zero attached hydrogens (tertiary/aromatic N) is 3. The summed E-state index contributed by atoms with van der Waals surface area (Å²) in [7, 11) is 0. The third-order valence-electron chi connectivity index (χ3n) is 4.47. The van der Waals surface area contributed by atoms with E-state index in [2.05, 4.69) is 5.10 Å². The van der Waals surface area contributed by atoms with Crippen LogP contribution in [0.2, 0.25) is 0 Å². The highest BCUT2D eigenvalue weighted by Crippen LogP contribution is 2.22. The number of carbonyl (C=O) groups is 2. The van der Waals surface area contributed by atoms with E-state index in [0.717, 1.165) is 24.2 Å². The molecule has 0 aliphatic carbocycles. The molecule has 1 N–H and O–H groups in total. The second kappa shape index (κ2) is 6.86. The largest absolute Gasteiger partial charge is 0.481 e. The number of amides is 1. The van der Waals surface area contributed by atoms with Gasteiger partial charge in [-0.2, -0.15) is 5.10 Å². The van der Waals surface area contributed by atoms with E-state index in [9.17, 15) is 9.59 Å². The van der Waals surface area contributed by atoms with E-state index in [1.165, 1.54) is 0 Å². The van der Waals surface area contributed by atoms with Crippen molar-refractivity contribution < 1.29 is 14.7 Å². The van der Waals surface area contributed by atoms with Crippen molar-refractivity contribution in [3.05, 3.63) is 47.8 Å². The smallest absolute Gasteiger partial charge is 0.303 e. The second-order valence-corrected chi connectivity index (χ2v) is 6.28. The number of likely N-dealkylation sites (tertiary alicyclic amines) is 1. The second-order valence-electron chi connectivity index (χ2n) is 6.28. The summed E-state index contributed by atoms with van der Waals surface area (Å²) in [6.45, 7) is 3.18. The number of rotatable bonds is 4. The van der Waals surface area contributed by atoms with Crippen LogP contribution in [-0.4, -0.2) is 44.8 Å². The number of carboxylic acid groups (broad SMARTS) is 1. The molecule has 3 rings (SSSR count). The lowest BCUT2D eigenvalue weighted by molar-refractivity contribution is -0.138. The molecular formula is C18H21N3O3. The molecule has 0 bridgehead atoms. The van der Waals surface area contributed by atoms with E-state index >= 15 is 0 Å². The summed E-state index contributed by atoms with van der Waals surface area (Å²) < 4.78 is 1.78. The molecule has 2 heterocycles. The maximum atomic E-state index is 12.6. The van der Waals surface area contributed by atoms with Gasteiger partial charge in [0.25, 0.3) is 5.91 Å². The molecular weight excluding hydrogens is 306 g/mol. The molecule has 0 atom stereocenters. The molecule has 0 radical (unpaired) electrons. The molecule has 1 aromatic heterocycles. The predicted molar refractivity (Wildman–Crippen MR) is 89.2 cm³/mol. The van der Waals surface area contributed by atoms with Gasteiger partial charge in [0.05, 0.1) is 11.4 Å². The number of aryl methyl sites for hydroxylation is 1. The van der Waals surface area contributed by atoms with Crippen molar-refractivity contribution in [2.75, 3.05) is 13.1 Å². The van der Waals surface area contributed by atoms with Gasteiger partial charge >= 0.3 is 5.97 Å². The highest BCUT2D eigenvalue weighted by Gasteiger charge is 2.24. The van der Waals surface area contributed by atoms with Crippen molar-refractivity contribution in [3.8, 4) is 5.69 Å². The van der Waals surface area contributed by atoms with E-state index < -0.39 is 5.97 Å². The van der Waals surface area contributed by atoms with Crippen LogP contribution in [-0.2, 0) is 4.79 Å². The van der Waals surface area contributed by atoms with Crippen LogP contribution in [0.5, 0.6) is 0 Å². The molecule has 1 aromatic carbocycles. The molecule has 0 saturated carbocycles. The van der Waals surface area contributed by atoms with Crippen molar-refractivity contribution in [2.45, 2.75) is 26.2 Å². The van der Waals surface area contributed by atoms with Gasteiger partial charge < -0.3 is 10.0 Å². The zero-order valence-electron chi connectivity index (χ0n) is 13.7. The van der Waals surface area contributed by atoms with E-state index in [4.69, 9.17) is 5.11 Å². The number of benzene rings is 1. The van der Waals surface area contributed by atoms with Gasteiger partial charge in [0, 0.05) is 31.3 Å². The fraction of sp³-hybridized carbons (Fsp3) is 0.389. The molecule has 1 fully saturated rings. The SMILES string of the molecule is Cc1ccn(-c2ccc(C(=O)N3CCC(CC(=O)O)CC3)cc2)n1. The first-order valence-electron chi connectivity index (χ1n) is 8.17. The first-order valence-corrected chi connectivity index (χ1v) is 8.17. The number of aromatic nitrogens is 2. The Morgan fingerprint density at radius 2 is 1.83 bits per heavy atom. The van der Waals surface area contributed by atoms with Crippen molar-refractivity contribution in [2.24, 2.45) is 5.92 Å². The molecule has 24 heavy (non-hydrogen) atoms. The lowest BCUT2D eigenvalue weighted by atomic mass is 9.93. The predicted octanol–water partition coefficient (Wildman–Crippen LogP) is 2.51. The Bertz CT molecular complexity index is 728. The fourth-order valence-corrected chi connectivity index (χ4v) is 3.09. The number of hydrogen-bond donors (Lipinski definition) is 1. The Morgan fingerprint density at radius 1 is 1.17 bits per heavy atom. The molecule has 1 aliphatic rings. The Balaban J connectivity index is 1.62. The van der Waals surface area contributed by atoms with Gasteiger partial charge in [-0.3, -0.25) is 9.59 Å². The van der Waals surface area contributed by atoms with E-state index in [1.54, 1.807) is 4.68 Å². The minimum absolute atomic E-state index is 0.00645. The van der Waals surface area contributed by atoms with Gasteiger partial charge in [-0.15, -0.1) is 0 Å². The van der Waals surface area contributed by atoms with Crippen LogP contribution in [0.3, 0.4) is 0 Å². The van der Waals surface area contributed by atoms with E-state index in [-0.39, 0.29) is 18.2 Å². The van der Waals surface area contributed by atoms with Gasteiger partial charge in [-0.05, 0) is 56.0 Å². The third kappa shape index (κ3) is 3.64. The molecule has 0 spiro atoms. The summed E-state index contributed by atoms with van der Waals surface area (Å²) in [5.74, 6) is -0.576. The average molecular weight is 327 g/mol. The highest BCUT2D eigenvalue weighted by atomic mass is 16.4. The summed E-state index contributed by atoms with van der Waals surface area (Å²) in [6.07, 6.45) is 3.59. The van der Waals surface area contributed by atoms with Crippen molar-refractivity contribution in [1.82, 2.24) is 14.7 Å². The summed E-state index contributed by atoms with van der Waals surface area (Å²) in [4.78, 5) is 25.1. The Kier molecular flexibility index (Phi) is 4.64. The number of carboxylic acids is 1. The summed E-state index contributed by atoms with van der Waals surface area (Å²) in [5.41, 5.74) is 2.51. The highest BCUT2D eigenvalue weighted by molar-refractivity contribution is 5.94. The first-order chi connectivity index (χ1) is 11.5. The third-order valence-corrected chi connectivity index (χ3v) is 4.47. The molecule has 0 unspecified atom stereocenters. The Labute approximate surface area is 140 Å². The van der Waals surface area contributed by atoms with Crippen molar-refractivity contribution in [3.63, 3.8) is 0 Å². The minimum Gasteiger partial charge on any atom is -0.481 e. The molecule has 6 nitrogen and oxygen atoms in total. The van der Waals surface area contributed by atoms with Gasteiger partial charge in [0.15, 0.2) is 0 Å². The number of piperidine rings is 1. The summed E-state index contributed by atoms with van der Waals surface area (Å²) in [5, 5.41) is 13.2. The van der Waals surface area contributed by atoms with Gasteiger partial charge in [-0.1, -0.05) is 0 Å². The van der Waals surface area contributed by atoms with Crippen molar-refractivity contribution in [1.29, 1.82) is 0 Å². The zero-order valence-corrected chi connectivity index (χ0v) is 13.7. The normalized spacial score (nSPS) is 15.5. The fourth-order valence-electron chi connectivity index (χ4n) is 3.09. The standard InChI is InChI=1S/C18H21N3O3/c1-13-6-11-21(19-13)16-4-2-15(3-5-16)18(24)20-9-7-14(8-10-20)12-17(22)23/h2-6,11,14H,7-10,12H2,1H3,(H,22,23). The monoisotopic (exact) mass is 327 g/mol.